The first-order valence-electron chi connectivity index (χ1n) is 9.76. The van der Waals surface area contributed by atoms with E-state index in [1.54, 1.807) is 25.5 Å². The van der Waals surface area contributed by atoms with Crippen LogP contribution in [0.5, 0.6) is 17.2 Å². The van der Waals surface area contributed by atoms with Crippen LogP contribution in [0.1, 0.15) is 0 Å². The van der Waals surface area contributed by atoms with Crippen LogP contribution in [0.25, 0.3) is 22.0 Å². The molecule has 0 aliphatic rings. The summed E-state index contributed by atoms with van der Waals surface area (Å²) in [5, 5.41) is 20.4. The second-order valence-electron chi connectivity index (χ2n) is 6.94. The Labute approximate surface area is 191 Å². The van der Waals surface area contributed by atoms with Gasteiger partial charge in [0.25, 0.3) is 11.2 Å². The van der Waals surface area contributed by atoms with Crippen LogP contribution in [0.4, 0.5) is 5.69 Å². The molecule has 0 spiro atoms. The average molecular weight is 459 g/mol. The Hall–Kier alpha value is -5.13. The SMILES string of the molecule is Cn1cc(-c2cc([N+](=O)[O-])ccc2Oc2cncnc2)c2cc[nH]c2c1=O.Oc1cncnc1. The Morgan fingerprint density at radius 1 is 1.03 bits per heavy atom. The first-order valence-corrected chi connectivity index (χ1v) is 9.76. The number of hydrogen-bond donors (Lipinski definition) is 2. The monoisotopic (exact) mass is 459 g/mol. The number of aromatic nitrogens is 6. The third-order valence-corrected chi connectivity index (χ3v) is 4.67. The maximum atomic E-state index is 12.3. The minimum atomic E-state index is -0.477. The van der Waals surface area contributed by atoms with Gasteiger partial charge >= 0.3 is 0 Å². The molecule has 170 valence electrons. The number of aromatic hydroxyl groups is 1. The Kier molecular flexibility index (Phi) is 6.21. The largest absolute Gasteiger partial charge is 0.505 e. The van der Waals surface area contributed by atoms with E-state index in [1.165, 1.54) is 60.2 Å². The maximum absolute atomic E-state index is 12.3. The van der Waals surface area contributed by atoms with Crippen LogP contribution in [0.15, 0.2) is 78.9 Å². The lowest BCUT2D eigenvalue weighted by atomic mass is 10.0. The van der Waals surface area contributed by atoms with Crippen molar-refractivity contribution >= 4 is 16.6 Å². The van der Waals surface area contributed by atoms with Crippen LogP contribution in [-0.2, 0) is 7.05 Å². The molecule has 0 bridgehead atoms. The van der Waals surface area contributed by atoms with Crippen LogP contribution >= 0.6 is 0 Å². The molecule has 0 unspecified atom stereocenters. The smallest absolute Gasteiger partial charge is 0.274 e. The summed E-state index contributed by atoms with van der Waals surface area (Å²) in [6, 6.07) is 6.05. The fourth-order valence-electron chi connectivity index (χ4n) is 3.17. The van der Waals surface area contributed by atoms with Gasteiger partial charge in [-0.1, -0.05) is 0 Å². The molecule has 0 aliphatic heterocycles. The van der Waals surface area contributed by atoms with E-state index in [-0.39, 0.29) is 17.0 Å². The van der Waals surface area contributed by atoms with Gasteiger partial charge in [0.05, 0.1) is 29.7 Å². The van der Waals surface area contributed by atoms with Crippen molar-refractivity contribution in [1.82, 2.24) is 29.5 Å². The molecule has 0 radical (unpaired) electrons. The molecular weight excluding hydrogens is 442 g/mol. The number of non-ortho nitro benzene ring substituents is 1. The molecule has 4 heterocycles. The zero-order chi connectivity index (χ0) is 24.1. The number of hydrogen-bond acceptors (Lipinski definition) is 9. The number of pyridine rings is 1. The van der Waals surface area contributed by atoms with Crippen molar-refractivity contribution in [3.63, 3.8) is 0 Å². The average Bonchev–Trinajstić information content (AvgIpc) is 3.34. The van der Waals surface area contributed by atoms with Crippen molar-refractivity contribution < 1.29 is 14.8 Å². The van der Waals surface area contributed by atoms with Gasteiger partial charge in [-0.25, -0.2) is 19.9 Å². The summed E-state index contributed by atoms with van der Waals surface area (Å²) in [6.45, 7) is 0. The molecule has 5 aromatic rings. The number of ether oxygens (including phenoxy) is 1. The molecular formula is C22H17N7O5. The molecule has 0 saturated heterocycles. The summed E-state index contributed by atoms with van der Waals surface area (Å²) in [7, 11) is 1.62. The molecule has 4 aromatic heterocycles. The minimum Gasteiger partial charge on any atom is -0.505 e. The van der Waals surface area contributed by atoms with Gasteiger partial charge < -0.3 is 19.4 Å². The zero-order valence-corrected chi connectivity index (χ0v) is 17.7. The lowest BCUT2D eigenvalue weighted by molar-refractivity contribution is -0.384. The van der Waals surface area contributed by atoms with Crippen LogP contribution in [-0.4, -0.2) is 39.5 Å². The standard InChI is InChI=1S/C18H13N5O4.C4H4N2O/c1-22-9-15(13-4-5-21-17(13)18(22)24)14-6-11(23(25)26)2-3-16(14)27-12-7-19-10-20-8-12;7-4-1-5-3-6-2-4/h2-10,21H,1H3;1-3,7H. The van der Waals surface area contributed by atoms with Gasteiger partial charge in [-0.05, 0) is 12.1 Å². The van der Waals surface area contributed by atoms with Crippen LogP contribution < -0.4 is 10.3 Å². The van der Waals surface area contributed by atoms with Crippen molar-refractivity contribution in [1.29, 1.82) is 0 Å². The highest BCUT2D eigenvalue weighted by Crippen LogP contribution is 2.38. The van der Waals surface area contributed by atoms with E-state index in [0.29, 0.717) is 33.5 Å². The molecule has 12 heteroatoms. The molecule has 1 aromatic carbocycles. The number of nitrogens with one attached hydrogen (secondary N) is 1. The zero-order valence-electron chi connectivity index (χ0n) is 17.7. The predicted octanol–water partition coefficient (Wildman–Crippen LogP) is 3.21. The Morgan fingerprint density at radius 3 is 2.32 bits per heavy atom. The predicted molar refractivity (Wildman–Crippen MR) is 121 cm³/mol. The van der Waals surface area contributed by atoms with Gasteiger partial charge in [-0.2, -0.15) is 0 Å². The highest BCUT2D eigenvalue weighted by Gasteiger charge is 2.18. The molecule has 0 atom stereocenters. The van der Waals surface area contributed by atoms with Gasteiger partial charge in [0.2, 0.25) is 0 Å². The number of nitro groups is 1. The Balaban J connectivity index is 0.000000336. The minimum absolute atomic E-state index is 0.0841. The van der Waals surface area contributed by atoms with E-state index in [0.717, 1.165) is 0 Å². The lowest BCUT2D eigenvalue weighted by Crippen LogP contribution is -2.16. The van der Waals surface area contributed by atoms with Gasteiger partial charge in [0.15, 0.2) is 11.5 Å². The van der Waals surface area contributed by atoms with E-state index in [1.807, 2.05) is 0 Å². The second-order valence-corrected chi connectivity index (χ2v) is 6.94. The molecule has 0 fully saturated rings. The van der Waals surface area contributed by atoms with Crippen molar-refractivity contribution in [2.24, 2.45) is 7.05 Å². The highest BCUT2D eigenvalue weighted by molar-refractivity contribution is 5.96. The molecule has 0 saturated carbocycles. The topological polar surface area (TPSA) is 162 Å². The number of benzene rings is 1. The number of rotatable bonds is 4. The van der Waals surface area contributed by atoms with E-state index >= 15 is 0 Å². The number of nitrogens with zero attached hydrogens (tertiary/aromatic N) is 6. The van der Waals surface area contributed by atoms with Crippen LogP contribution in [0.2, 0.25) is 0 Å². The lowest BCUT2D eigenvalue weighted by Gasteiger charge is -2.13. The van der Waals surface area contributed by atoms with Crippen molar-refractivity contribution in [3.8, 4) is 28.4 Å². The third kappa shape index (κ3) is 4.70. The van der Waals surface area contributed by atoms with Gasteiger partial charge in [-0.15, -0.1) is 0 Å². The van der Waals surface area contributed by atoms with Crippen LogP contribution in [0.3, 0.4) is 0 Å². The quantitative estimate of drug-likeness (QED) is 0.303. The first kappa shape index (κ1) is 22.1. The molecule has 2 N–H and O–H groups in total. The summed E-state index contributed by atoms with van der Waals surface area (Å²) >= 11 is 0. The number of fused-ring (bicyclic) bond motifs is 1. The summed E-state index contributed by atoms with van der Waals surface area (Å²) in [5.74, 6) is 0.877. The van der Waals surface area contributed by atoms with E-state index in [9.17, 15) is 14.9 Å². The Morgan fingerprint density at radius 2 is 1.71 bits per heavy atom. The van der Waals surface area contributed by atoms with E-state index in [2.05, 4.69) is 24.9 Å². The number of aromatic amines is 1. The normalized spacial score (nSPS) is 10.4. The summed E-state index contributed by atoms with van der Waals surface area (Å²) in [5.41, 5.74) is 1.25. The maximum Gasteiger partial charge on any atom is 0.274 e. The molecule has 5 rings (SSSR count). The fraction of sp³-hybridized carbons (Fsp3) is 0.0455. The first-order chi connectivity index (χ1) is 16.4. The summed E-state index contributed by atoms with van der Waals surface area (Å²) < 4.78 is 7.27. The number of nitro benzene ring substituents is 1. The fourth-order valence-corrected chi connectivity index (χ4v) is 3.17. The van der Waals surface area contributed by atoms with Crippen LogP contribution in [0, 0.1) is 10.1 Å². The second kappa shape index (κ2) is 9.56. The van der Waals surface area contributed by atoms with E-state index in [4.69, 9.17) is 9.84 Å². The molecule has 0 amide bonds. The third-order valence-electron chi connectivity index (χ3n) is 4.67. The summed E-state index contributed by atoms with van der Waals surface area (Å²) in [6.07, 6.45) is 11.7. The van der Waals surface area contributed by atoms with E-state index < -0.39 is 4.92 Å². The molecule has 12 nitrogen and oxygen atoms in total. The van der Waals surface area contributed by atoms with Gasteiger partial charge in [0.1, 0.15) is 23.9 Å². The molecule has 0 aliphatic carbocycles. The molecule has 34 heavy (non-hydrogen) atoms. The van der Waals surface area contributed by atoms with Crippen molar-refractivity contribution in [2.75, 3.05) is 0 Å². The van der Waals surface area contributed by atoms with Gasteiger partial charge in [0, 0.05) is 48.1 Å². The van der Waals surface area contributed by atoms with Crippen molar-refractivity contribution in [3.05, 3.63) is 94.6 Å². The summed E-state index contributed by atoms with van der Waals surface area (Å²) in [4.78, 5) is 40.9. The number of H-pyrrole nitrogens is 1. The van der Waals surface area contributed by atoms with Crippen molar-refractivity contribution in [2.45, 2.75) is 0 Å². The Bertz CT molecular complexity index is 1500. The number of aryl methyl sites for hydroxylation is 1. The van der Waals surface area contributed by atoms with Gasteiger partial charge in [-0.3, -0.25) is 14.9 Å². The highest BCUT2D eigenvalue weighted by atomic mass is 16.6.